The molecule has 1 rings (SSSR count). The minimum Gasteiger partial charge on any atom is -0.493 e. The molecule has 0 aliphatic carbocycles. The van der Waals surface area contributed by atoms with Crippen LogP contribution in [0.3, 0.4) is 0 Å². The molecule has 2 N–H and O–H groups in total. The van der Waals surface area contributed by atoms with E-state index in [0.717, 1.165) is 5.56 Å². The Morgan fingerprint density at radius 1 is 1.26 bits per heavy atom. The lowest BCUT2D eigenvalue weighted by Crippen LogP contribution is -2.34. The Morgan fingerprint density at radius 2 is 1.95 bits per heavy atom. The van der Waals surface area contributed by atoms with E-state index in [1.165, 1.54) is 0 Å². The normalized spacial score (nSPS) is 11.8. The molecule has 0 bridgehead atoms. The van der Waals surface area contributed by atoms with Gasteiger partial charge in [-0.05, 0) is 31.5 Å². The van der Waals surface area contributed by atoms with Crippen LogP contribution in [0.4, 0.5) is 0 Å². The number of carbonyl (C=O) groups excluding carboxylic acids is 1. The van der Waals surface area contributed by atoms with Gasteiger partial charge in [-0.2, -0.15) is 0 Å². The number of likely N-dealkylation sites (N-methyl/N-ethyl adjacent to an activating group) is 1. The Morgan fingerprint density at radius 3 is 2.53 bits per heavy atom. The van der Waals surface area contributed by atoms with Gasteiger partial charge in [-0.15, -0.1) is 0 Å². The Bertz CT molecular complexity index is 421. The molecule has 106 valence electrons. The number of carbonyl (C=O) groups is 1. The molecule has 1 unspecified atom stereocenters. The number of nitrogens with one attached hydrogen (secondary N) is 2. The zero-order chi connectivity index (χ0) is 14.3. The van der Waals surface area contributed by atoms with Gasteiger partial charge in [0.05, 0.1) is 20.8 Å². The Hall–Kier alpha value is -1.75. The van der Waals surface area contributed by atoms with Crippen LogP contribution in [-0.4, -0.2) is 33.2 Å². The third-order valence-corrected chi connectivity index (χ3v) is 2.85. The molecule has 19 heavy (non-hydrogen) atoms. The fourth-order valence-corrected chi connectivity index (χ4v) is 1.75. The largest absolute Gasteiger partial charge is 0.493 e. The fraction of sp³-hybridized carbons (Fsp3) is 0.500. The van der Waals surface area contributed by atoms with Crippen LogP contribution in [0.2, 0.25) is 0 Å². The lowest BCUT2D eigenvalue weighted by molar-refractivity contribution is -0.120. The lowest BCUT2D eigenvalue weighted by Gasteiger charge is -2.16. The van der Waals surface area contributed by atoms with Gasteiger partial charge in [0.25, 0.3) is 0 Å². The van der Waals surface area contributed by atoms with Gasteiger partial charge in [0.1, 0.15) is 0 Å². The molecule has 5 nitrogen and oxygen atoms in total. The molecule has 0 spiro atoms. The molecule has 1 amide bonds. The zero-order valence-corrected chi connectivity index (χ0v) is 11.9. The highest BCUT2D eigenvalue weighted by molar-refractivity contribution is 5.77. The van der Waals surface area contributed by atoms with Crippen LogP contribution in [0, 0.1) is 0 Å². The van der Waals surface area contributed by atoms with Crippen molar-refractivity contribution < 1.29 is 14.3 Å². The van der Waals surface area contributed by atoms with Gasteiger partial charge in [-0.1, -0.05) is 6.07 Å². The highest BCUT2D eigenvalue weighted by Gasteiger charge is 2.10. The minimum atomic E-state index is -0.00479. The first-order chi connectivity index (χ1) is 9.12. The molecule has 0 saturated carbocycles. The van der Waals surface area contributed by atoms with Crippen LogP contribution in [0.1, 0.15) is 25.5 Å². The molecule has 0 aromatic heterocycles. The maximum absolute atomic E-state index is 11.4. The van der Waals surface area contributed by atoms with Crippen LogP contribution in [-0.2, 0) is 4.79 Å². The summed E-state index contributed by atoms with van der Waals surface area (Å²) in [5.41, 5.74) is 1.04. The second-order valence-corrected chi connectivity index (χ2v) is 4.17. The second kappa shape index (κ2) is 7.63. The molecule has 1 aromatic rings. The van der Waals surface area contributed by atoms with E-state index in [1.54, 1.807) is 14.2 Å². The summed E-state index contributed by atoms with van der Waals surface area (Å²) in [4.78, 5) is 11.4. The van der Waals surface area contributed by atoms with Crippen molar-refractivity contribution in [3.63, 3.8) is 0 Å². The number of hydrogen-bond acceptors (Lipinski definition) is 4. The maximum atomic E-state index is 11.4. The maximum Gasteiger partial charge on any atom is 0.233 e. The van der Waals surface area contributed by atoms with Crippen LogP contribution in [0.25, 0.3) is 0 Å². The van der Waals surface area contributed by atoms with Gasteiger partial charge < -0.3 is 20.1 Å². The van der Waals surface area contributed by atoms with E-state index in [4.69, 9.17) is 9.47 Å². The summed E-state index contributed by atoms with van der Waals surface area (Å²) >= 11 is 0. The number of hydrogen-bond donors (Lipinski definition) is 2. The molecule has 0 aliphatic heterocycles. The molecule has 1 aromatic carbocycles. The van der Waals surface area contributed by atoms with Crippen molar-refractivity contribution in [3.05, 3.63) is 23.8 Å². The average molecular weight is 266 g/mol. The van der Waals surface area contributed by atoms with Crippen molar-refractivity contribution >= 4 is 5.91 Å². The van der Waals surface area contributed by atoms with Gasteiger partial charge in [-0.25, -0.2) is 0 Å². The average Bonchev–Trinajstić information content (AvgIpc) is 2.44. The van der Waals surface area contributed by atoms with E-state index in [1.807, 2.05) is 32.0 Å². The summed E-state index contributed by atoms with van der Waals surface area (Å²) < 4.78 is 10.5. The highest BCUT2D eigenvalue weighted by Crippen LogP contribution is 2.29. The standard InChI is InChI=1S/C14H22N2O3/c1-5-15-14(17)9-16-10(2)11-6-7-12(18-3)13(8-11)19-4/h6-8,10,16H,5,9H2,1-4H3,(H,15,17). The van der Waals surface area contributed by atoms with Crippen molar-refractivity contribution in [1.29, 1.82) is 0 Å². The van der Waals surface area contributed by atoms with E-state index in [0.29, 0.717) is 24.6 Å². The number of benzene rings is 1. The number of ether oxygens (including phenoxy) is 2. The smallest absolute Gasteiger partial charge is 0.233 e. The predicted octanol–water partition coefficient (Wildman–Crippen LogP) is 1.49. The van der Waals surface area contributed by atoms with E-state index >= 15 is 0 Å². The Balaban J connectivity index is 2.66. The van der Waals surface area contributed by atoms with Crippen molar-refractivity contribution in [2.75, 3.05) is 27.3 Å². The fourth-order valence-electron chi connectivity index (χ4n) is 1.75. The number of amides is 1. The summed E-state index contributed by atoms with van der Waals surface area (Å²) in [7, 11) is 3.21. The van der Waals surface area contributed by atoms with Crippen molar-refractivity contribution in [2.45, 2.75) is 19.9 Å². The predicted molar refractivity (Wildman–Crippen MR) is 74.6 cm³/mol. The van der Waals surface area contributed by atoms with Gasteiger partial charge in [-0.3, -0.25) is 4.79 Å². The van der Waals surface area contributed by atoms with Crippen molar-refractivity contribution in [3.8, 4) is 11.5 Å². The minimum absolute atomic E-state index is 0.00479. The quantitative estimate of drug-likeness (QED) is 0.785. The van der Waals surface area contributed by atoms with E-state index < -0.39 is 0 Å². The van der Waals surface area contributed by atoms with Crippen molar-refractivity contribution in [1.82, 2.24) is 10.6 Å². The summed E-state index contributed by atoms with van der Waals surface area (Å²) in [6.45, 7) is 4.84. The molecule has 0 aliphatic rings. The van der Waals surface area contributed by atoms with Gasteiger partial charge >= 0.3 is 0 Å². The molecular weight excluding hydrogens is 244 g/mol. The molecular formula is C14H22N2O3. The summed E-state index contributed by atoms with van der Waals surface area (Å²) in [6, 6.07) is 5.78. The monoisotopic (exact) mass is 266 g/mol. The first-order valence-electron chi connectivity index (χ1n) is 6.34. The second-order valence-electron chi connectivity index (χ2n) is 4.17. The molecule has 0 heterocycles. The molecule has 0 radical (unpaired) electrons. The highest BCUT2D eigenvalue weighted by atomic mass is 16.5. The van der Waals surface area contributed by atoms with Gasteiger partial charge in [0, 0.05) is 12.6 Å². The molecule has 0 saturated heterocycles. The third kappa shape index (κ3) is 4.44. The molecule has 1 atom stereocenters. The van der Waals surface area contributed by atoms with E-state index in [9.17, 15) is 4.79 Å². The molecule has 0 fully saturated rings. The first kappa shape index (κ1) is 15.3. The van der Waals surface area contributed by atoms with Crippen molar-refractivity contribution in [2.24, 2.45) is 0 Å². The summed E-state index contributed by atoms with van der Waals surface area (Å²) in [5.74, 6) is 1.38. The zero-order valence-electron chi connectivity index (χ0n) is 11.9. The summed E-state index contributed by atoms with van der Waals surface area (Å²) in [5, 5.41) is 5.91. The SMILES string of the molecule is CCNC(=O)CNC(C)c1ccc(OC)c(OC)c1. The lowest BCUT2D eigenvalue weighted by atomic mass is 10.1. The van der Waals surface area contributed by atoms with E-state index in [2.05, 4.69) is 10.6 Å². The third-order valence-electron chi connectivity index (χ3n) is 2.85. The van der Waals surface area contributed by atoms with E-state index in [-0.39, 0.29) is 11.9 Å². The number of methoxy groups -OCH3 is 2. The first-order valence-corrected chi connectivity index (χ1v) is 6.34. The number of rotatable bonds is 7. The Kier molecular flexibility index (Phi) is 6.15. The molecule has 5 heteroatoms. The Labute approximate surface area is 114 Å². The topological polar surface area (TPSA) is 59.6 Å². The van der Waals surface area contributed by atoms with Gasteiger partial charge in [0.2, 0.25) is 5.91 Å². The van der Waals surface area contributed by atoms with Crippen LogP contribution in [0.15, 0.2) is 18.2 Å². The van der Waals surface area contributed by atoms with Gasteiger partial charge in [0.15, 0.2) is 11.5 Å². The van der Waals surface area contributed by atoms with Crippen LogP contribution < -0.4 is 20.1 Å². The summed E-state index contributed by atoms with van der Waals surface area (Å²) in [6.07, 6.45) is 0. The van der Waals surface area contributed by atoms with Crippen LogP contribution >= 0.6 is 0 Å². The van der Waals surface area contributed by atoms with Crippen LogP contribution in [0.5, 0.6) is 11.5 Å².